The number of carbonyl (C=O) groups excluding carboxylic acids is 1. The number of aryl methyl sites for hydroxylation is 1. The Balaban J connectivity index is 1.10. The van der Waals surface area contributed by atoms with E-state index < -0.39 is 15.9 Å². The van der Waals surface area contributed by atoms with Crippen molar-refractivity contribution in [3.8, 4) is 17.2 Å². The minimum absolute atomic E-state index is 0.0337. The Labute approximate surface area is 299 Å². The number of nitrogens with zero attached hydrogens (tertiary/aromatic N) is 2. The van der Waals surface area contributed by atoms with E-state index in [1.807, 2.05) is 18.2 Å². The Hall–Kier alpha value is -3.51. The van der Waals surface area contributed by atoms with E-state index in [0.29, 0.717) is 61.0 Å². The lowest BCUT2D eigenvalue weighted by molar-refractivity contribution is -0.118. The molecule has 5 aliphatic rings. The molecule has 12 heteroatoms. The number of sulfonamides is 1. The van der Waals surface area contributed by atoms with E-state index in [9.17, 15) is 13.2 Å². The first-order valence-electron chi connectivity index (χ1n) is 17.8. The average molecular weight is 722 g/mol. The summed E-state index contributed by atoms with van der Waals surface area (Å²) < 4.78 is 54.3. The number of anilines is 1. The predicted octanol–water partition coefficient (Wildman–Crippen LogP) is 4.99. The van der Waals surface area contributed by atoms with Crippen LogP contribution in [0.1, 0.15) is 42.4 Å². The minimum Gasteiger partial charge on any atom is -0.493 e. The van der Waals surface area contributed by atoms with Crippen LogP contribution in [0.25, 0.3) is 0 Å². The Kier molecular flexibility index (Phi) is 9.35. The molecule has 3 aromatic carbocycles. The summed E-state index contributed by atoms with van der Waals surface area (Å²) in [5, 5.41) is 0.732. The number of rotatable bonds is 4. The van der Waals surface area contributed by atoms with Crippen LogP contribution < -0.4 is 23.8 Å². The first-order valence-corrected chi connectivity index (χ1v) is 19.7. The highest BCUT2D eigenvalue weighted by atomic mass is 35.5. The van der Waals surface area contributed by atoms with Crippen molar-refractivity contribution < 1.29 is 32.2 Å². The van der Waals surface area contributed by atoms with Crippen molar-refractivity contribution in [3.63, 3.8) is 0 Å². The summed E-state index contributed by atoms with van der Waals surface area (Å²) in [5.74, 6) is 1.91. The minimum atomic E-state index is -4.17. The molecule has 3 aliphatic heterocycles. The van der Waals surface area contributed by atoms with Gasteiger partial charge in [-0.2, -0.15) is 0 Å². The third kappa shape index (κ3) is 7.02. The number of carbonyl (C=O) groups is 1. The van der Waals surface area contributed by atoms with E-state index in [4.69, 9.17) is 30.5 Å². The quantitative estimate of drug-likeness (QED) is 0.399. The molecule has 3 heterocycles. The Bertz CT molecular complexity index is 1870. The van der Waals surface area contributed by atoms with Gasteiger partial charge in [0.15, 0.2) is 0 Å². The van der Waals surface area contributed by atoms with E-state index >= 15 is 0 Å². The van der Waals surface area contributed by atoms with Gasteiger partial charge >= 0.3 is 0 Å². The molecule has 4 bridgehead atoms. The molecule has 2 aliphatic carbocycles. The predicted molar refractivity (Wildman–Crippen MR) is 190 cm³/mol. The fourth-order valence-electron chi connectivity index (χ4n) is 8.29. The molecule has 3 aromatic rings. The second-order valence-electron chi connectivity index (χ2n) is 14.5. The number of hydrogen-bond acceptors (Lipinski definition) is 9. The molecule has 0 aromatic heterocycles. The lowest BCUT2D eigenvalue weighted by Gasteiger charge is -2.44. The van der Waals surface area contributed by atoms with Crippen LogP contribution in [0.3, 0.4) is 0 Å². The number of fused-ring (bicyclic) bond motifs is 6. The van der Waals surface area contributed by atoms with Crippen LogP contribution in [-0.2, 0) is 37.8 Å². The van der Waals surface area contributed by atoms with Crippen molar-refractivity contribution in [3.05, 3.63) is 76.3 Å². The molecule has 2 fully saturated rings. The SMILES string of the molecule is O=C1Cc2cc(OCCN3CCOCC3)cc(c2)OC[C@@H]2CC[C@H]2CN2C[C@@]3(CCCc4cc(Cl)ccc43)COc3ccc(cc32)S(=O)(=O)N1. The molecule has 1 spiro atoms. The van der Waals surface area contributed by atoms with E-state index in [1.165, 1.54) is 17.2 Å². The van der Waals surface area contributed by atoms with Gasteiger partial charge in [0, 0.05) is 49.2 Å². The normalized spacial score (nSPS) is 26.3. The second-order valence-corrected chi connectivity index (χ2v) is 16.6. The smallest absolute Gasteiger partial charge is 0.264 e. The van der Waals surface area contributed by atoms with Gasteiger partial charge < -0.3 is 23.8 Å². The molecule has 1 amide bonds. The zero-order chi connectivity index (χ0) is 34.3. The largest absolute Gasteiger partial charge is 0.493 e. The lowest BCUT2D eigenvalue weighted by atomic mass is 9.69. The van der Waals surface area contributed by atoms with E-state index in [2.05, 4.69) is 26.7 Å². The molecule has 1 saturated carbocycles. The van der Waals surface area contributed by atoms with Gasteiger partial charge in [-0.3, -0.25) is 9.69 Å². The summed E-state index contributed by atoms with van der Waals surface area (Å²) in [6.45, 7) is 6.86. The van der Waals surface area contributed by atoms with Gasteiger partial charge in [0.25, 0.3) is 10.0 Å². The highest BCUT2D eigenvalue weighted by molar-refractivity contribution is 7.90. The molecule has 3 atom stereocenters. The van der Waals surface area contributed by atoms with Gasteiger partial charge in [-0.25, -0.2) is 13.1 Å². The van der Waals surface area contributed by atoms with Gasteiger partial charge in [-0.1, -0.05) is 17.7 Å². The summed E-state index contributed by atoms with van der Waals surface area (Å²) >= 11 is 6.43. The van der Waals surface area contributed by atoms with E-state index in [1.54, 1.807) is 18.2 Å². The van der Waals surface area contributed by atoms with E-state index in [0.717, 1.165) is 82.2 Å². The van der Waals surface area contributed by atoms with Crippen LogP contribution in [0.2, 0.25) is 5.02 Å². The Morgan fingerprint density at radius 2 is 1.86 bits per heavy atom. The molecule has 8 rings (SSSR count). The van der Waals surface area contributed by atoms with Crippen LogP contribution in [0.15, 0.2) is 59.5 Å². The van der Waals surface area contributed by atoms with Gasteiger partial charge in [-0.15, -0.1) is 0 Å². The first-order chi connectivity index (χ1) is 24.2. The monoisotopic (exact) mass is 721 g/mol. The zero-order valence-electron chi connectivity index (χ0n) is 28.2. The Morgan fingerprint density at radius 3 is 2.70 bits per heavy atom. The van der Waals surface area contributed by atoms with Crippen LogP contribution in [0.5, 0.6) is 17.2 Å². The van der Waals surface area contributed by atoms with Gasteiger partial charge in [-0.05, 0) is 103 Å². The summed E-state index contributed by atoms with van der Waals surface area (Å²) in [6, 6.07) is 16.6. The van der Waals surface area contributed by atoms with Crippen molar-refractivity contribution in [1.82, 2.24) is 9.62 Å². The summed E-state index contributed by atoms with van der Waals surface area (Å²) in [6.07, 6.45) is 4.91. The average Bonchev–Trinajstić information content (AvgIpc) is 3.23. The third-order valence-electron chi connectivity index (χ3n) is 11.1. The third-order valence-corrected chi connectivity index (χ3v) is 12.8. The van der Waals surface area contributed by atoms with Crippen LogP contribution >= 0.6 is 11.6 Å². The molecule has 266 valence electrons. The molecular formula is C38H44ClN3O7S. The number of morpholine rings is 1. The lowest BCUT2D eigenvalue weighted by Crippen LogP contribution is -2.49. The summed E-state index contributed by atoms with van der Waals surface area (Å²) in [4.78, 5) is 17.9. The number of amides is 1. The van der Waals surface area contributed by atoms with Crippen LogP contribution in [-0.4, -0.2) is 85.0 Å². The fourth-order valence-corrected chi connectivity index (χ4v) is 9.49. The van der Waals surface area contributed by atoms with Gasteiger partial charge in [0.1, 0.15) is 23.9 Å². The highest BCUT2D eigenvalue weighted by Crippen LogP contribution is 2.46. The fraction of sp³-hybridized carbons (Fsp3) is 0.500. The number of hydrogen-bond donors (Lipinski definition) is 1. The van der Waals surface area contributed by atoms with Crippen molar-refractivity contribution in [2.75, 3.05) is 70.7 Å². The maximum absolute atomic E-state index is 13.7. The number of benzene rings is 3. The highest BCUT2D eigenvalue weighted by Gasteiger charge is 2.43. The number of halogens is 1. The molecule has 1 N–H and O–H groups in total. The van der Waals surface area contributed by atoms with Crippen molar-refractivity contribution in [1.29, 1.82) is 0 Å². The summed E-state index contributed by atoms with van der Waals surface area (Å²) in [7, 11) is -4.17. The Morgan fingerprint density at radius 1 is 1.00 bits per heavy atom. The van der Waals surface area contributed by atoms with Gasteiger partial charge in [0.05, 0.1) is 43.4 Å². The molecular weight excluding hydrogens is 678 g/mol. The number of ether oxygens (including phenoxy) is 4. The number of nitrogens with one attached hydrogen (secondary N) is 1. The van der Waals surface area contributed by atoms with Crippen LogP contribution in [0, 0.1) is 11.8 Å². The molecule has 1 saturated heterocycles. The van der Waals surface area contributed by atoms with Gasteiger partial charge in [0.2, 0.25) is 5.91 Å². The maximum atomic E-state index is 13.7. The standard InChI is InChI=1S/C38H44ClN3O7S/c39-30-5-7-34-27(19-30)2-1-9-38(34)24-42-22-28-3-4-29(28)23-48-32-17-26(16-31(20-32)47-15-12-41-10-13-46-14-11-41)18-37(43)40-50(44,45)33-6-8-36(49-25-38)35(42)21-33/h5-8,16-17,19-21,28-29H,1-4,9-15,18,22-25H2,(H,40,43)/t28-,29-,38-/m0/s1. The molecule has 50 heavy (non-hydrogen) atoms. The van der Waals surface area contributed by atoms with Crippen LogP contribution in [0.4, 0.5) is 5.69 Å². The second kappa shape index (κ2) is 13.9. The summed E-state index contributed by atoms with van der Waals surface area (Å²) in [5.41, 5.74) is 3.58. The van der Waals surface area contributed by atoms with Crippen molar-refractivity contribution in [2.24, 2.45) is 11.8 Å². The zero-order valence-corrected chi connectivity index (χ0v) is 29.8. The topological polar surface area (TPSA) is 107 Å². The maximum Gasteiger partial charge on any atom is 0.264 e. The van der Waals surface area contributed by atoms with E-state index in [-0.39, 0.29) is 16.7 Å². The molecule has 10 nitrogen and oxygen atoms in total. The molecule has 0 radical (unpaired) electrons. The van der Waals surface area contributed by atoms with Crippen molar-refractivity contribution in [2.45, 2.75) is 48.8 Å². The first kappa shape index (κ1) is 33.6. The van der Waals surface area contributed by atoms with Crippen molar-refractivity contribution >= 4 is 33.2 Å². The molecule has 0 unspecified atom stereocenters.